The number of carboxylic acids is 1. The first-order valence-electron chi connectivity index (χ1n) is 9.71. The van der Waals surface area contributed by atoms with Gasteiger partial charge in [0.2, 0.25) is 11.8 Å². The molecule has 0 spiro atoms. The lowest BCUT2D eigenvalue weighted by Crippen LogP contribution is -2.43. The van der Waals surface area contributed by atoms with Gasteiger partial charge in [-0.05, 0) is 35.9 Å². The van der Waals surface area contributed by atoms with E-state index < -0.39 is 17.9 Å². The van der Waals surface area contributed by atoms with Crippen LogP contribution in [0.25, 0.3) is 22.4 Å². The van der Waals surface area contributed by atoms with Crippen LogP contribution < -0.4 is 10.1 Å². The molecular formula is C22H20N4O5S. The van der Waals surface area contributed by atoms with E-state index in [0.29, 0.717) is 11.6 Å². The maximum absolute atomic E-state index is 12.4. The Labute approximate surface area is 187 Å². The van der Waals surface area contributed by atoms with Crippen LogP contribution in [0.15, 0.2) is 64.4 Å². The number of benzene rings is 2. The first kappa shape index (κ1) is 21.4. The van der Waals surface area contributed by atoms with Crippen molar-refractivity contribution in [1.82, 2.24) is 20.5 Å². The van der Waals surface area contributed by atoms with Gasteiger partial charge in [0.15, 0.2) is 0 Å². The summed E-state index contributed by atoms with van der Waals surface area (Å²) in [5, 5.41) is 21.2. The summed E-state index contributed by atoms with van der Waals surface area (Å²) in [4.78, 5) is 27.2. The Balaban J connectivity index is 1.35. The van der Waals surface area contributed by atoms with E-state index >= 15 is 0 Å². The molecule has 0 bridgehead atoms. The van der Waals surface area contributed by atoms with Crippen LogP contribution >= 0.6 is 11.8 Å². The van der Waals surface area contributed by atoms with Crippen molar-refractivity contribution in [1.29, 1.82) is 0 Å². The third-order valence-corrected chi connectivity index (χ3v) is 5.62. The number of fused-ring (bicyclic) bond motifs is 1. The number of ether oxygens (including phenoxy) is 1. The van der Waals surface area contributed by atoms with Crippen molar-refractivity contribution in [3.63, 3.8) is 0 Å². The fourth-order valence-corrected chi connectivity index (χ4v) is 3.78. The van der Waals surface area contributed by atoms with Crippen LogP contribution in [-0.2, 0) is 16.0 Å². The Morgan fingerprint density at radius 3 is 2.72 bits per heavy atom. The van der Waals surface area contributed by atoms with E-state index in [9.17, 15) is 14.7 Å². The predicted octanol–water partition coefficient (Wildman–Crippen LogP) is 3.13. The highest BCUT2D eigenvalue weighted by Crippen LogP contribution is 2.25. The second kappa shape index (κ2) is 9.56. The molecule has 0 unspecified atom stereocenters. The lowest BCUT2D eigenvalue weighted by atomic mass is 10.1. The van der Waals surface area contributed by atoms with E-state index in [2.05, 4.69) is 20.5 Å². The van der Waals surface area contributed by atoms with Gasteiger partial charge < -0.3 is 24.6 Å². The maximum atomic E-state index is 12.4. The van der Waals surface area contributed by atoms with Crippen LogP contribution in [0.3, 0.4) is 0 Å². The van der Waals surface area contributed by atoms with Crippen LogP contribution in [0.2, 0.25) is 0 Å². The molecule has 3 N–H and O–H groups in total. The SMILES string of the molecule is COc1ccc(-c2nnc(SCC(=O)N[C@H](Cc3c[nH]c4ccccc34)C(=O)O)o2)cc1. The summed E-state index contributed by atoms with van der Waals surface area (Å²) in [6, 6.07) is 13.7. The quantitative estimate of drug-likeness (QED) is 0.330. The summed E-state index contributed by atoms with van der Waals surface area (Å²) >= 11 is 1.04. The Morgan fingerprint density at radius 1 is 1.19 bits per heavy atom. The van der Waals surface area contributed by atoms with E-state index in [0.717, 1.165) is 33.8 Å². The van der Waals surface area contributed by atoms with Crippen LogP contribution in [-0.4, -0.2) is 51.1 Å². The van der Waals surface area contributed by atoms with Gasteiger partial charge in [-0.3, -0.25) is 4.79 Å². The van der Waals surface area contributed by atoms with Gasteiger partial charge in [-0.2, -0.15) is 0 Å². The van der Waals surface area contributed by atoms with E-state index in [1.807, 2.05) is 24.3 Å². The molecule has 10 heteroatoms. The molecule has 9 nitrogen and oxygen atoms in total. The third kappa shape index (κ3) is 4.92. The first-order chi connectivity index (χ1) is 15.5. The van der Waals surface area contributed by atoms with E-state index in [-0.39, 0.29) is 17.4 Å². The van der Waals surface area contributed by atoms with Crippen molar-refractivity contribution in [3.8, 4) is 17.2 Å². The molecule has 0 saturated carbocycles. The number of para-hydroxylation sites is 1. The van der Waals surface area contributed by atoms with Crippen molar-refractivity contribution in [3.05, 3.63) is 60.3 Å². The number of carbonyl (C=O) groups excluding carboxylic acids is 1. The minimum Gasteiger partial charge on any atom is -0.497 e. The number of aromatic amines is 1. The van der Waals surface area contributed by atoms with Gasteiger partial charge >= 0.3 is 5.97 Å². The van der Waals surface area contributed by atoms with Gasteiger partial charge in [-0.1, -0.05) is 30.0 Å². The van der Waals surface area contributed by atoms with Gasteiger partial charge in [-0.15, -0.1) is 10.2 Å². The molecule has 0 aliphatic rings. The standard InChI is InChI=1S/C22H20N4O5S/c1-30-15-8-6-13(7-9-15)20-25-26-22(31-20)32-12-19(27)24-18(21(28)29)10-14-11-23-17-5-3-2-4-16(14)17/h2-9,11,18,23H,10,12H2,1H3,(H,24,27)(H,28,29)/t18-/m1/s1. The molecule has 164 valence electrons. The number of nitrogens with one attached hydrogen (secondary N) is 2. The molecule has 2 aromatic carbocycles. The molecule has 4 rings (SSSR count). The van der Waals surface area contributed by atoms with Crippen molar-refractivity contribution in [2.75, 3.05) is 12.9 Å². The molecule has 4 aromatic rings. The summed E-state index contributed by atoms with van der Waals surface area (Å²) in [6.45, 7) is 0. The monoisotopic (exact) mass is 452 g/mol. The van der Waals surface area contributed by atoms with E-state index in [4.69, 9.17) is 9.15 Å². The highest BCUT2D eigenvalue weighted by atomic mass is 32.2. The summed E-state index contributed by atoms with van der Waals surface area (Å²) < 4.78 is 10.7. The van der Waals surface area contributed by atoms with Crippen LogP contribution in [0.5, 0.6) is 5.75 Å². The van der Waals surface area contributed by atoms with E-state index in [1.54, 1.807) is 37.6 Å². The first-order valence-corrected chi connectivity index (χ1v) is 10.7. The van der Waals surface area contributed by atoms with Gasteiger partial charge in [-0.25, -0.2) is 4.79 Å². The van der Waals surface area contributed by atoms with Gasteiger partial charge in [0.05, 0.1) is 12.9 Å². The van der Waals surface area contributed by atoms with Gasteiger partial charge in [0.25, 0.3) is 5.22 Å². The molecular weight excluding hydrogens is 432 g/mol. The molecule has 2 heterocycles. The molecule has 0 saturated heterocycles. The Kier molecular flexibility index (Phi) is 6.41. The average Bonchev–Trinajstić information content (AvgIpc) is 3.45. The Hall–Kier alpha value is -3.79. The zero-order chi connectivity index (χ0) is 22.5. The minimum atomic E-state index is -1.10. The number of hydrogen-bond acceptors (Lipinski definition) is 7. The second-order valence-electron chi connectivity index (χ2n) is 6.91. The largest absolute Gasteiger partial charge is 0.497 e. The fraction of sp³-hybridized carbons (Fsp3) is 0.182. The number of methoxy groups -OCH3 is 1. The predicted molar refractivity (Wildman–Crippen MR) is 119 cm³/mol. The number of carboxylic acid groups (broad SMARTS) is 1. The molecule has 1 amide bonds. The van der Waals surface area contributed by atoms with Crippen LogP contribution in [0.1, 0.15) is 5.56 Å². The number of nitrogens with zero attached hydrogens (tertiary/aromatic N) is 2. The topological polar surface area (TPSA) is 130 Å². The molecule has 32 heavy (non-hydrogen) atoms. The van der Waals surface area contributed by atoms with E-state index in [1.165, 1.54) is 0 Å². The Bertz CT molecular complexity index is 1230. The van der Waals surface area contributed by atoms with Crippen LogP contribution in [0, 0.1) is 0 Å². The highest BCUT2D eigenvalue weighted by Gasteiger charge is 2.22. The van der Waals surface area contributed by atoms with Crippen molar-refractivity contribution >= 4 is 34.5 Å². The van der Waals surface area contributed by atoms with Crippen molar-refractivity contribution in [2.24, 2.45) is 0 Å². The third-order valence-electron chi connectivity index (χ3n) is 4.80. The maximum Gasteiger partial charge on any atom is 0.326 e. The van der Waals surface area contributed by atoms with Crippen molar-refractivity contribution < 1.29 is 23.8 Å². The number of H-pyrrole nitrogens is 1. The lowest BCUT2D eigenvalue weighted by Gasteiger charge is -2.13. The van der Waals surface area contributed by atoms with Gasteiger partial charge in [0, 0.05) is 29.1 Å². The Morgan fingerprint density at radius 2 is 1.97 bits per heavy atom. The van der Waals surface area contributed by atoms with Crippen molar-refractivity contribution in [2.45, 2.75) is 17.7 Å². The number of aromatic nitrogens is 3. The summed E-state index contributed by atoms with van der Waals surface area (Å²) in [7, 11) is 1.58. The molecule has 1 atom stereocenters. The molecule has 0 radical (unpaired) electrons. The van der Waals surface area contributed by atoms with Crippen LogP contribution in [0.4, 0.5) is 0 Å². The minimum absolute atomic E-state index is 0.0537. The number of thioether (sulfide) groups is 1. The summed E-state index contributed by atoms with van der Waals surface area (Å²) in [5.74, 6) is -0.569. The average molecular weight is 452 g/mol. The number of carbonyl (C=O) groups is 2. The lowest BCUT2D eigenvalue weighted by molar-refractivity contribution is -0.141. The fourth-order valence-electron chi connectivity index (χ4n) is 3.20. The zero-order valence-corrected chi connectivity index (χ0v) is 17.9. The smallest absolute Gasteiger partial charge is 0.326 e. The highest BCUT2D eigenvalue weighted by molar-refractivity contribution is 7.99. The number of amides is 1. The molecule has 2 aromatic heterocycles. The normalized spacial score (nSPS) is 11.9. The summed E-state index contributed by atoms with van der Waals surface area (Å²) in [5.41, 5.74) is 2.46. The number of aliphatic carboxylic acids is 1. The zero-order valence-electron chi connectivity index (χ0n) is 17.1. The molecule has 0 aliphatic carbocycles. The molecule has 0 fully saturated rings. The molecule has 0 aliphatic heterocycles. The second-order valence-corrected chi connectivity index (χ2v) is 7.84. The number of hydrogen-bond donors (Lipinski definition) is 3. The van der Waals surface area contributed by atoms with Gasteiger partial charge in [0.1, 0.15) is 11.8 Å². The number of rotatable bonds is 9. The summed E-state index contributed by atoms with van der Waals surface area (Å²) in [6.07, 6.45) is 1.93.